The molecule has 1 N–H and O–H groups in total. The fourth-order valence-electron chi connectivity index (χ4n) is 2.34. The number of ether oxygens (including phenoxy) is 1. The van der Waals surface area contributed by atoms with E-state index < -0.39 is 0 Å². The predicted molar refractivity (Wildman–Crippen MR) is 97.6 cm³/mol. The lowest BCUT2D eigenvalue weighted by Gasteiger charge is -2.16. The summed E-state index contributed by atoms with van der Waals surface area (Å²) in [6.07, 6.45) is 0. The Kier molecular flexibility index (Phi) is 6.11. The topological polar surface area (TPSA) is 38.3 Å². The quantitative estimate of drug-likeness (QED) is 0.769. The van der Waals surface area contributed by atoms with Crippen LogP contribution in [0.1, 0.15) is 30.9 Å². The first-order valence-corrected chi connectivity index (χ1v) is 8.66. The van der Waals surface area contributed by atoms with Crippen molar-refractivity contribution in [1.82, 2.24) is 0 Å². The Hall–Kier alpha value is -1.94. The highest BCUT2D eigenvalue weighted by Crippen LogP contribution is 2.28. The molecule has 2 rings (SSSR count). The van der Waals surface area contributed by atoms with Gasteiger partial charge in [0.05, 0.1) is 12.9 Å². The molecule has 0 spiro atoms. The number of thioether (sulfide) groups is 1. The highest BCUT2D eigenvalue weighted by Gasteiger charge is 2.12. The number of hydrogen-bond donors (Lipinski definition) is 1. The fraction of sp³-hybridized carbons (Fsp3) is 0.316. The number of carbonyl (C=O) groups is 1. The summed E-state index contributed by atoms with van der Waals surface area (Å²) >= 11 is 1.52. The summed E-state index contributed by atoms with van der Waals surface area (Å²) in [4.78, 5) is 13.3. The second-order valence-corrected chi connectivity index (χ2v) is 6.75. The minimum atomic E-state index is 0.0158. The molecule has 0 aliphatic heterocycles. The molecule has 0 atom stereocenters. The standard InChI is InChI=1S/C19H23NO2S/c1-13(2)17-7-5-6-14(3)19(17)20-18(21)12-23-16-10-8-15(22-4)9-11-16/h5-11,13H,12H2,1-4H3,(H,20,21). The lowest BCUT2D eigenvalue weighted by Crippen LogP contribution is -2.16. The van der Waals surface area contributed by atoms with Crippen molar-refractivity contribution in [3.8, 4) is 5.75 Å². The van der Waals surface area contributed by atoms with Crippen LogP contribution in [0.4, 0.5) is 5.69 Å². The van der Waals surface area contributed by atoms with Crippen molar-refractivity contribution in [2.24, 2.45) is 0 Å². The van der Waals surface area contributed by atoms with Gasteiger partial charge in [0.15, 0.2) is 0 Å². The van der Waals surface area contributed by atoms with E-state index in [1.165, 1.54) is 17.3 Å². The number of para-hydroxylation sites is 1. The van der Waals surface area contributed by atoms with Crippen molar-refractivity contribution < 1.29 is 9.53 Å². The summed E-state index contributed by atoms with van der Waals surface area (Å²) in [5.41, 5.74) is 3.22. The number of benzene rings is 2. The molecular formula is C19H23NO2S. The zero-order chi connectivity index (χ0) is 16.8. The van der Waals surface area contributed by atoms with Gasteiger partial charge in [-0.25, -0.2) is 0 Å². The van der Waals surface area contributed by atoms with Crippen molar-refractivity contribution in [3.05, 3.63) is 53.6 Å². The van der Waals surface area contributed by atoms with Gasteiger partial charge in [-0.2, -0.15) is 0 Å². The maximum atomic E-state index is 12.3. The Bertz CT molecular complexity index is 666. The Morgan fingerprint density at radius 3 is 2.48 bits per heavy atom. The maximum Gasteiger partial charge on any atom is 0.234 e. The van der Waals surface area contributed by atoms with E-state index in [9.17, 15) is 4.79 Å². The average Bonchev–Trinajstić information content (AvgIpc) is 2.55. The Morgan fingerprint density at radius 1 is 1.17 bits per heavy atom. The van der Waals surface area contributed by atoms with E-state index in [-0.39, 0.29) is 5.91 Å². The molecule has 23 heavy (non-hydrogen) atoms. The van der Waals surface area contributed by atoms with Crippen molar-refractivity contribution in [1.29, 1.82) is 0 Å². The molecule has 122 valence electrons. The van der Waals surface area contributed by atoms with Gasteiger partial charge >= 0.3 is 0 Å². The van der Waals surface area contributed by atoms with Gasteiger partial charge in [0, 0.05) is 10.6 Å². The van der Waals surface area contributed by atoms with E-state index in [2.05, 4.69) is 25.2 Å². The van der Waals surface area contributed by atoms with Crippen LogP contribution in [0, 0.1) is 6.92 Å². The molecule has 2 aromatic rings. The smallest absolute Gasteiger partial charge is 0.234 e. The van der Waals surface area contributed by atoms with Gasteiger partial charge in [-0.05, 0) is 48.2 Å². The largest absolute Gasteiger partial charge is 0.497 e. The van der Waals surface area contributed by atoms with E-state index in [1.54, 1.807) is 7.11 Å². The minimum Gasteiger partial charge on any atom is -0.497 e. The first-order chi connectivity index (χ1) is 11.0. The summed E-state index contributed by atoms with van der Waals surface area (Å²) < 4.78 is 5.13. The molecule has 0 aliphatic rings. The third-order valence-corrected chi connectivity index (χ3v) is 4.63. The SMILES string of the molecule is COc1ccc(SCC(=O)Nc2c(C)cccc2C(C)C)cc1. The van der Waals surface area contributed by atoms with Crippen LogP contribution in [0.5, 0.6) is 5.75 Å². The highest BCUT2D eigenvalue weighted by atomic mass is 32.2. The second kappa shape index (κ2) is 8.06. The van der Waals surface area contributed by atoms with Gasteiger partial charge < -0.3 is 10.1 Å². The van der Waals surface area contributed by atoms with Gasteiger partial charge in [-0.15, -0.1) is 11.8 Å². The lowest BCUT2D eigenvalue weighted by molar-refractivity contribution is -0.113. The summed E-state index contributed by atoms with van der Waals surface area (Å²) in [5.74, 6) is 1.60. The molecule has 0 bridgehead atoms. The molecule has 0 saturated heterocycles. The van der Waals surface area contributed by atoms with Crippen LogP contribution in [-0.4, -0.2) is 18.8 Å². The van der Waals surface area contributed by atoms with Crippen LogP contribution in [0.3, 0.4) is 0 Å². The molecule has 0 heterocycles. The Labute approximate surface area is 142 Å². The fourth-order valence-corrected chi connectivity index (χ4v) is 3.04. The van der Waals surface area contributed by atoms with Crippen molar-refractivity contribution in [2.75, 3.05) is 18.2 Å². The molecule has 1 amide bonds. The van der Waals surface area contributed by atoms with E-state index in [0.717, 1.165) is 21.9 Å². The molecule has 3 nitrogen and oxygen atoms in total. The lowest BCUT2D eigenvalue weighted by atomic mass is 9.98. The second-order valence-electron chi connectivity index (χ2n) is 5.71. The molecule has 0 unspecified atom stereocenters. The molecule has 2 aromatic carbocycles. The van der Waals surface area contributed by atoms with Gasteiger partial charge in [0.25, 0.3) is 0 Å². The predicted octanol–water partition coefficient (Wildman–Crippen LogP) is 4.86. The molecule has 0 aromatic heterocycles. The van der Waals surface area contributed by atoms with Crippen molar-refractivity contribution in [2.45, 2.75) is 31.6 Å². The Balaban J connectivity index is 1.99. The number of methoxy groups -OCH3 is 1. The van der Waals surface area contributed by atoms with Crippen LogP contribution in [-0.2, 0) is 4.79 Å². The maximum absolute atomic E-state index is 12.3. The van der Waals surface area contributed by atoms with Crippen LogP contribution < -0.4 is 10.1 Å². The molecule has 0 radical (unpaired) electrons. The molecular weight excluding hydrogens is 306 g/mol. The molecule has 0 aliphatic carbocycles. The summed E-state index contributed by atoms with van der Waals surface area (Å²) in [7, 11) is 1.64. The van der Waals surface area contributed by atoms with E-state index in [1.807, 2.05) is 43.3 Å². The summed E-state index contributed by atoms with van der Waals surface area (Å²) in [6, 6.07) is 13.9. The third-order valence-electron chi connectivity index (χ3n) is 3.62. The van der Waals surface area contributed by atoms with E-state index in [4.69, 9.17) is 4.74 Å². The molecule has 4 heteroatoms. The van der Waals surface area contributed by atoms with Crippen molar-refractivity contribution >= 4 is 23.4 Å². The Morgan fingerprint density at radius 2 is 1.87 bits per heavy atom. The number of carbonyl (C=O) groups excluding carboxylic acids is 1. The van der Waals surface area contributed by atoms with Gasteiger partial charge in [-0.1, -0.05) is 32.0 Å². The first kappa shape index (κ1) is 17.4. The highest BCUT2D eigenvalue weighted by molar-refractivity contribution is 8.00. The van der Waals surface area contributed by atoms with Crippen LogP contribution in [0.15, 0.2) is 47.4 Å². The number of nitrogens with one attached hydrogen (secondary N) is 1. The van der Waals surface area contributed by atoms with Crippen molar-refractivity contribution in [3.63, 3.8) is 0 Å². The van der Waals surface area contributed by atoms with Gasteiger partial charge in [-0.3, -0.25) is 4.79 Å². The summed E-state index contributed by atoms with van der Waals surface area (Å²) in [5, 5.41) is 3.07. The average molecular weight is 329 g/mol. The van der Waals surface area contributed by atoms with E-state index >= 15 is 0 Å². The summed E-state index contributed by atoms with van der Waals surface area (Å²) in [6.45, 7) is 6.30. The zero-order valence-electron chi connectivity index (χ0n) is 14.1. The molecule has 0 fully saturated rings. The van der Waals surface area contributed by atoms with Gasteiger partial charge in [0.2, 0.25) is 5.91 Å². The van der Waals surface area contributed by atoms with Gasteiger partial charge in [0.1, 0.15) is 5.75 Å². The van der Waals surface area contributed by atoms with Crippen LogP contribution >= 0.6 is 11.8 Å². The zero-order valence-corrected chi connectivity index (χ0v) is 14.9. The van der Waals surface area contributed by atoms with Crippen LogP contribution in [0.2, 0.25) is 0 Å². The van der Waals surface area contributed by atoms with Crippen LogP contribution in [0.25, 0.3) is 0 Å². The normalized spacial score (nSPS) is 10.7. The number of hydrogen-bond acceptors (Lipinski definition) is 3. The molecule has 0 saturated carbocycles. The minimum absolute atomic E-state index is 0.0158. The van der Waals surface area contributed by atoms with E-state index in [0.29, 0.717) is 11.7 Å². The first-order valence-electron chi connectivity index (χ1n) is 7.67. The monoisotopic (exact) mass is 329 g/mol. The third kappa shape index (κ3) is 4.76. The number of anilines is 1. The number of amides is 1. The number of rotatable bonds is 6. The number of aryl methyl sites for hydroxylation is 1.